The monoisotopic (exact) mass is 407 g/mol. The van der Waals surface area contributed by atoms with Gasteiger partial charge in [-0.1, -0.05) is 29.8 Å². The minimum atomic E-state index is -0.841. The normalized spacial score (nSPS) is 12.5. The van der Waals surface area contributed by atoms with Crippen LogP contribution < -0.4 is 10.1 Å². The third kappa shape index (κ3) is 4.75. The van der Waals surface area contributed by atoms with Crippen molar-refractivity contribution in [3.05, 3.63) is 26.6 Å². The maximum atomic E-state index is 11.2. The highest BCUT2D eigenvalue weighted by Crippen LogP contribution is 2.33. The molecule has 1 aromatic carbocycles. The second-order valence-electron chi connectivity index (χ2n) is 4.75. The Morgan fingerprint density at radius 2 is 2.05 bits per heavy atom. The SMILES string of the molecule is CCOc1c(Br)cc(Br)cc1CNC(C(=O)O)C(C)C. The van der Waals surface area contributed by atoms with Crippen LogP contribution in [0.5, 0.6) is 5.75 Å². The van der Waals surface area contributed by atoms with E-state index >= 15 is 0 Å². The van der Waals surface area contributed by atoms with Crippen LogP contribution in [0.2, 0.25) is 0 Å². The Labute approximate surface area is 136 Å². The molecule has 112 valence electrons. The third-order valence-electron chi connectivity index (χ3n) is 2.82. The minimum Gasteiger partial charge on any atom is -0.492 e. The number of rotatable bonds is 7. The van der Waals surface area contributed by atoms with E-state index in [2.05, 4.69) is 37.2 Å². The zero-order valence-corrected chi connectivity index (χ0v) is 14.9. The van der Waals surface area contributed by atoms with E-state index in [0.717, 1.165) is 20.3 Å². The van der Waals surface area contributed by atoms with Gasteiger partial charge in [0.15, 0.2) is 0 Å². The molecule has 4 nitrogen and oxygen atoms in total. The first-order valence-corrected chi connectivity index (χ1v) is 8.02. The number of carbonyl (C=O) groups is 1. The van der Waals surface area contributed by atoms with Crippen LogP contribution in [0.1, 0.15) is 26.3 Å². The molecule has 0 aromatic heterocycles. The Morgan fingerprint density at radius 3 is 2.55 bits per heavy atom. The number of halogens is 2. The molecule has 0 aliphatic heterocycles. The lowest BCUT2D eigenvalue weighted by atomic mass is 10.0. The maximum absolute atomic E-state index is 11.2. The fraction of sp³-hybridized carbons (Fsp3) is 0.500. The molecular weight excluding hydrogens is 390 g/mol. The molecule has 1 rings (SSSR count). The molecule has 0 radical (unpaired) electrons. The van der Waals surface area contributed by atoms with Crippen molar-refractivity contribution in [2.45, 2.75) is 33.4 Å². The van der Waals surface area contributed by atoms with E-state index in [1.165, 1.54) is 0 Å². The standard InChI is InChI=1S/C14H19Br2NO3/c1-4-20-13-9(5-10(15)6-11(13)16)7-17-12(8(2)3)14(18)19/h5-6,8,12,17H,4,7H2,1-3H3,(H,18,19). The lowest BCUT2D eigenvalue weighted by molar-refractivity contribution is -0.140. The predicted octanol–water partition coefficient (Wildman–Crippen LogP) is 3.81. The zero-order chi connectivity index (χ0) is 15.3. The minimum absolute atomic E-state index is 0.0126. The molecule has 20 heavy (non-hydrogen) atoms. The molecule has 0 spiro atoms. The largest absolute Gasteiger partial charge is 0.492 e. The molecule has 0 heterocycles. The van der Waals surface area contributed by atoms with Crippen LogP contribution in [0.15, 0.2) is 21.1 Å². The number of carboxylic acids is 1. The van der Waals surface area contributed by atoms with Crippen molar-refractivity contribution in [3.63, 3.8) is 0 Å². The Balaban J connectivity index is 2.93. The highest BCUT2D eigenvalue weighted by Gasteiger charge is 2.21. The van der Waals surface area contributed by atoms with Crippen molar-refractivity contribution in [3.8, 4) is 5.75 Å². The summed E-state index contributed by atoms with van der Waals surface area (Å²) in [4.78, 5) is 11.2. The van der Waals surface area contributed by atoms with E-state index in [9.17, 15) is 9.90 Å². The lowest BCUT2D eigenvalue weighted by Crippen LogP contribution is -2.40. The molecule has 1 unspecified atom stereocenters. The van der Waals surface area contributed by atoms with E-state index in [-0.39, 0.29) is 5.92 Å². The van der Waals surface area contributed by atoms with Crippen LogP contribution in [0, 0.1) is 5.92 Å². The summed E-state index contributed by atoms with van der Waals surface area (Å²) in [5.41, 5.74) is 0.917. The van der Waals surface area contributed by atoms with Gasteiger partial charge in [-0.15, -0.1) is 0 Å². The van der Waals surface area contributed by atoms with Gasteiger partial charge >= 0.3 is 5.97 Å². The summed E-state index contributed by atoms with van der Waals surface area (Å²) in [5.74, 6) is -0.0817. The molecular formula is C14H19Br2NO3. The first kappa shape index (κ1) is 17.5. The van der Waals surface area contributed by atoms with Crippen LogP contribution in [-0.2, 0) is 11.3 Å². The average Bonchev–Trinajstić information content (AvgIpc) is 2.32. The van der Waals surface area contributed by atoms with E-state index in [4.69, 9.17) is 4.74 Å². The van der Waals surface area contributed by atoms with Gasteiger partial charge in [0, 0.05) is 16.6 Å². The van der Waals surface area contributed by atoms with Crippen LogP contribution >= 0.6 is 31.9 Å². The van der Waals surface area contributed by atoms with E-state index in [1.807, 2.05) is 32.9 Å². The summed E-state index contributed by atoms with van der Waals surface area (Å²) < 4.78 is 7.39. The first-order valence-electron chi connectivity index (χ1n) is 6.43. The molecule has 1 atom stereocenters. The number of carboxylic acid groups (broad SMARTS) is 1. The van der Waals surface area contributed by atoms with Crippen LogP contribution in [0.25, 0.3) is 0 Å². The smallest absolute Gasteiger partial charge is 0.320 e. The molecule has 0 amide bonds. The van der Waals surface area contributed by atoms with Crippen LogP contribution in [0.3, 0.4) is 0 Å². The second-order valence-corrected chi connectivity index (χ2v) is 6.52. The predicted molar refractivity (Wildman–Crippen MR) is 86.1 cm³/mol. The van der Waals surface area contributed by atoms with Gasteiger partial charge < -0.3 is 9.84 Å². The molecule has 0 saturated carbocycles. The van der Waals surface area contributed by atoms with Crippen molar-refractivity contribution in [1.82, 2.24) is 5.32 Å². The van der Waals surface area contributed by atoms with Gasteiger partial charge in [0.1, 0.15) is 11.8 Å². The van der Waals surface area contributed by atoms with Crippen molar-refractivity contribution in [2.75, 3.05) is 6.61 Å². The van der Waals surface area contributed by atoms with Gasteiger partial charge in [-0.05, 0) is 40.9 Å². The van der Waals surface area contributed by atoms with Crippen molar-refractivity contribution >= 4 is 37.8 Å². The Morgan fingerprint density at radius 1 is 1.40 bits per heavy atom. The Hall–Kier alpha value is -0.590. The fourth-order valence-electron chi connectivity index (χ4n) is 1.88. The highest BCUT2D eigenvalue weighted by atomic mass is 79.9. The average molecular weight is 409 g/mol. The highest BCUT2D eigenvalue weighted by molar-refractivity contribution is 9.11. The van der Waals surface area contributed by atoms with E-state index in [0.29, 0.717) is 13.2 Å². The second kappa shape index (κ2) is 8.00. The van der Waals surface area contributed by atoms with Gasteiger partial charge in [0.25, 0.3) is 0 Å². The molecule has 1 aromatic rings. The third-order valence-corrected chi connectivity index (χ3v) is 3.87. The number of nitrogens with one attached hydrogen (secondary N) is 1. The lowest BCUT2D eigenvalue weighted by Gasteiger charge is -2.19. The quantitative estimate of drug-likeness (QED) is 0.720. The van der Waals surface area contributed by atoms with Crippen molar-refractivity contribution in [1.29, 1.82) is 0 Å². The summed E-state index contributed by atoms with van der Waals surface area (Å²) in [7, 11) is 0. The van der Waals surface area contributed by atoms with Gasteiger partial charge in [-0.25, -0.2) is 0 Å². The number of hydrogen-bond acceptors (Lipinski definition) is 3. The van der Waals surface area contributed by atoms with Crippen molar-refractivity contribution < 1.29 is 14.6 Å². The number of aliphatic carboxylic acids is 1. The van der Waals surface area contributed by atoms with Crippen molar-refractivity contribution in [2.24, 2.45) is 5.92 Å². The van der Waals surface area contributed by atoms with Crippen LogP contribution in [-0.4, -0.2) is 23.7 Å². The molecule has 0 aliphatic carbocycles. The van der Waals surface area contributed by atoms with Gasteiger partial charge in [-0.2, -0.15) is 0 Å². The van der Waals surface area contributed by atoms with E-state index in [1.54, 1.807) is 0 Å². The summed E-state index contributed by atoms with van der Waals surface area (Å²) >= 11 is 6.90. The Kier molecular flexibility index (Phi) is 6.99. The summed E-state index contributed by atoms with van der Waals surface area (Å²) in [6, 6.07) is 3.26. The summed E-state index contributed by atoms with van der Waals surface area (Å²) in [6.45, 7) is 6.67. The maximum Gasteiger partial charge on any atom is 0.320 e. The molecule has 0 saturated heterocycles. The van der Waals surface area contributed by atoms with Gasteiger partial charge in [-0.3, -0.25) is 10.1 Å². The number of benzene rings is 1. The summed E-state index contributed by atoms with van der Waals surface area (Å²) in [6.07, 6.45) is 0. The fourth-order valence-corrected chi connectivity index (χ4v) is 3.31. The molecule has 6 heteroatoms. The first-order chi connectivity index (χ1) is 9.36. The topological polar surface area (TPSA) is 58.6 Å². The molecule has 2 N–H and O–H groups in total. The van der Waals surface area contributed by atoms with Gasteiger partial charge in [0.2, 0.25) is 0 Å². The summed E-state index contributed by atoms with van der Waals surface area (Å²) in [5, 5.41) is 12.3. The molecule has 0 bridgehead atoms. The molecule has 0 fully saturated rings. The van der Waals surface area contributed by atoms with Crippen LogP contribution in [0.4, 0.5) is 0 Å². The molecule has 0 aliphatic rings. The van der Waals surface area contributed by atoms with Gasteiger partial charge in [0.05, 0.1) is 11.1 Å². The number of ether oxygens (including phenoxy) is 1. The zero-order valence-electron chi connectivity index (χ0n) is 11.7. The van der Waals surface area contributed by atoms with E-state index < -0.39 is 12.0 Å². The Bertz CT molecular complexity index is 478. The number of hydrogen-bond donors (Lipinski definition) is 2.